The average Bonchev–Trinajstić information content (AvgIpc) is 2.48. The molecule has 2 aromatic heterocycles. The number of para-hydroxylation sites is 1. The van der Waals surface area contributed by atoms with Crippen molar-refractivity contribution in [1.29, 1.82) is 0 Å². The summed E-state index contributed by atoms with van der Waals surface area (Å²) >= 11 is 4.94. The van der Waals surface area contributed by atoms with Crippen molar-refractivity contribution < 1.29 is 0 Å². The fraction of sp³-hybridized carbons (Fsp3) is 0. The van der Waals surface area contributed by atoms with Crippen molar-refractivity contribution in [2.24, 2.45) is 5.73 Å². The van der Waals surface area contributed by atoms with Gasteiger partial charge in [0.25, 0.3) is 0 Å². The topological polar surface area (TPSA) is 63.8 Å². The Hall–Kier alpha value is -2.53. The largest absolute Gasteiger partial charge is 0.388 e. The van der Waals surface area contributed by atoms with Gasteiger partial charge in [0.2, 0.25) is 0 Å². The zero-order valence-corrected chi connectivity index (χ0v) is 11.4. The molecule has 0 radical (unpaired) electrons. The van der Waals surface area contributed by atoms with E-state index in [2.05, 4.69) is 15.3 Å². The third-order valence-electron chi connectivity index (χ3n) is 2.90. The maximum absolute atomic E-state index is 5.60. The fourth-order valence-corrected chi connectivity index (χ4v) is 2.10. The lowest BCUT2D eigenvalue weighted by Gasteiger charge is -2.09. The molecular weight excluding hydrogens is 268 g/mol. The Morgan fingerprint density at radius 1 is 1.05 bits per heavy atom. The van der Waals surface area contributed by atoms with Gasteiger partial charge in [0.15, 0.2) is 0 Å². The lowest BCUT2D eigenvalue weighted by atomic mass is 10.2. The standard InChI is InChI=1S/C15H12N4S/c16-15(20)12-7-2-8-13(19-12)18-11-6-1-4-10-5-3-9-17-14(10)11/h1-9H,(H2,16,20)(H,18,19). The first kappa shape index (κ1) is 12.5. The fourth-order valence-electron chi connectivity index (χ4n) is 1.98. The van der Waals surface area contributed by atoms with Crippen LogP contribution < -0.4 is 11.1 Å². The first-order valence-corrected chi connectivity index (χ1v) is 6.52. The molecule has 0 amide bonds. The maximum atomic E-state index is 5.60. The van der Waals surface area contributed by atoms with Crippen molar-refractivity contribution in [3.05, 3.63) is 60.4 Å². The quantitative estimate of drug-likeness (QED) is 0.722. The minimum absolute atomic E-state index is 0.282. The zero-order chi connectivity index (χ0) is 13.9. The molecule has 0 aliphatic rings. The molecule has 0 aliphatic carbocycles. The van der Waals surface area contributed by atoms with E-state index in [1.54, 1.807) is 12.3 Å². The molecule has 0 aliphatic heterocycles. The van der Waals surface area contributed by atoms with E-state index in [1.807, 2.05) is 42.5 Å². The van der Waals surface area contributed by atoms with Crippen LogP contribution in [0.15, 0.2) is 54.7 Å². The zero-order valence-electron chi connectivity index (χ0n) is 10.6. The Kier molecular flexibility index (Phi) is 3.26. The normalized spacial score (nSPS) is 10.4. The molecule has 3 aromatic rings. The number of aromatic nitrogens is 2. The molecular formula is C15H12N4S. The number of rotatable bonds is 3. The second-order valence-electron chi connectivity index (χ2n) is 4.28. The number of hydrogen-bond acceptors (Lipinski definition) is 4. The highest BCUT2D eigenvalue weighted by Gasteiger charge is 2.04. The number of anilines is 2. The van der Waals surface area contributed by atoms with Crippen LogP contribution in [-0.2, 0) is 0 Å². The Bertz CT molecular complexity index is 780. The van der Waals surface area contributed by atoms with Gasteiger partial charge in [-0.1, -0.05) is 36.5 Å². The number of fused-ring (bicyclic) bond motifs is 1. The number of hydrogen-bond donors (Lipinski definition) is 2. The molecule has 98 valence electrons. The lowest BCUT2D eigenvalue weighted by molar-refractivity contribution is 1.28. The summed E-state index contributed by atoms with van der Waals surface area (Å²) in [7, 11) is 0. The summed E-state index contributed by atoms with van der Waals surface area (Å²) in [5.74, 6) is 0.688. The second kappa shape index (κ2) is 5.22. The SMILES string of the molecule is NC(=S)c1cccc(Nc2cccc3cccnc23)n1. The predicted octanol–water partition coefficient (Wildman–Crippen LogP) is 3.01. The highest BCUT2D eigenvalue weighted by molar-refractivity contribution is 7.80. The molecule has 0 bridgehead atoms. The summed E-state index contributed by atoms with van der Waals surface area (Å²) < 4.78 is 0. The highest BCUT2D eigenvalue weighted by atomic mass is 32.1. The Morgan fingerprint density at radius 2 is 1.85 bits per heavy atom. The van der Waals surface area contributed by atoms with Crippen molar-refractivity contribution in [3.63, 3.8) is 0 Å². The van der Waals surface area contributed by atoms with Crippen molar-refractivity contribution in [2.45, 2.75) is 0 Å². The van der Waals surface area contributed by atoms with Crippen LogP contribution >= 0.6 is 12.2 Å². The van der Waals surface area contributed by atoms with Gasteiger partial charge in [0, 0.05) is 11.6 Å². The van der Waals surface area contributed by atoms with Gasteiger partial charge in [-0.3, -0.25) is 4.98 Å². The van der Waals surface area contributed by atoms with Crippen molar-refractivity contribution >= 4 is 39.6 Å². The van der Waals surface area contributed by atoms with Gasteiger partial charge >= 0.3 is 0 Å². The van der Waals surface area contributed by atoms with Gasteiger partial charge < -0.3 is 11.1 Å². The predicted molar refractivity (Wildman–Crippen MR) is 85.2 cm³/mol. The van der Waals surface area contributed by atoms with E-state index in [0.29, 0.717) is 11.5 Å². The summed E-state index contributed by atoms with van der Waals surface area (Å²) in [4.78, 5) is 9.05. The summed E-state index contributed by atoms with van der Waals surface area (Å²) in [6.07, 6.45) is 1.77. The molecule has 0 spiro atoms. The molecule has 3 rings (SSSR count). The van der Waals surface area contributed by atoms with Gasteiger partial charge in [-0.05, 0) is 24.3 Å². The van der Waals surface area contributed by atoms with E-state index < -0.39 is 0 Å². The van der Waals surface area contributed by atoms with Crippen molar-refractivity contribution in [1.82, 2.24) is 9.97 Å². The minimum Gasteiger partial charge on any atom is -0.388 e. The molecule has 3 N–H and O–H groups in total. The Labute approximate surface area is 121 Å². The Morgan fingerprint density at radius 3 is 2.70 bits per heavy atom. The number of benzene rings is 1. The third kappa shape index (κ3) is 2.44. The van der Waals surface area contributed by atoms with Crippen LogP contribution in [0.5, 0.6) is 0 Å². The van der Waals surface area contributed by atoms with Crippen molar-refractivity contribution in [3.8, 4) is 0 Å². The van der Waals surface area contributed by atoms with Gasteiger partial charge in [-0.2, -0.15) is 0 Å². The first-order chi connectivity index (χ1) is 9.74. The number of pyridine rings is 2. The van der Waals surface area contributed by atoms with Crippen LogP contribution in [0.2, 0.25) is 0 Å². The third-order valence-corrected chi connectivity index (χ3v) is 3.11. The molecule has 4 nitrogen and oxygen atoms in total. The molecule has 0 unspecified atom stereocenters. The molecule has 20 heavy (non-hydrogen) atoms. The highest BCUT2D eigenvalue weighted by Crippen LogP contribution is 2.23. The van der Waals surface area contributed by atoms with Crippen LogP contribution in [0.1, 0.15) is 5.69 Å². The van der Waals surface area contributed by atoms with Crippen LogP contribution in [0, 0.1) is 0 Å². The molecule has 0 saturated heterocycles. The van der Waals surface area contributed by atoms with Gasteiger partial charge in [0.1, 0.15) is 10.8 Å². The summed E-state index contributed by atoms with van der Waals surface area (Å²) in [5.41, 5.74) is 7.99. The maximum Gasteiger partial charge on any atom is 0.131 e. The summed E-state index contributed by atoms with van der Waals surface area (Å²) in [5, 5.41) is 4.33. The van der Waals surface area contributed by atoms with Gasteiger partial charge in [-0.25, -0.2) is 4.98 Å². The van der Waals surface area contributed by atoms with E-state index in [-0.39, 0.29) is 4.99 Å². The van der Waals surface area contributed by atoms with E-state index in [0.717, 1.165) is 16.6 Å². The number of nitrogens with zero attached hydrogens (tertiary/aromatic N) is 2. The smallest absolute Gasteiger partial charge is 0.131 e. The Balaban J connectivity index is 2.01. The molecule has 0 atom stereocenters. The van der Waals surface area contributed by atoms with E-state index in [1.165, 1.54) is 0 Å². The van der Waals surface area contributed by atoms with Gasteiger partial charge in [-0.15, -0.1) is 0 Å². The lowest BCUT2D eigenvalue weighted by Crippen LogP contribution is -2.12. The van der Waals surface area contributed by atoms with Crippen LogP contribution in [0.4, 0.5) is 11.5 Å². The molecule has 0 fully saturated rings. The monoisotopic (exact) mass is 280 g/mol. The van der Waals surface area contributed by atoms with E-state index >= 15 is 0 Å². The summed E-state index contributed by atoms with van der Waals surface area (Å²) in [6.45, 7) is 0. The molecule has 1 aromatic carbocycles. The number of nitrogens with one attached hydrogen (secondary N) is 1. The van der Waals surface area contributed by atoms with Crippen molar-refractivity contribution in [2.75, 3.05) is 5.32 Å². The first-order valence-electron chi connectivity index (χ1n) is 6.12. The van der Waals surface area contributed by atoms with Crippen LogP contribution in [0.3, 0.4) is 0 Å². The minimum atomic E-state index is 0.282. The summed E-state index contributed by atoms with van der Waals surface area (Å²) in [6, 6.07) is 15.4. The number of nitrogens with two attached hydrogens (primary N) is 1. The van der Waals surface area contributed by atoms with Gasteiger partial charge in [0.05, 0.1) is 16.9 Å². The molecule has 0 saturated carbocycles. The second-order valence-corrected chi connectivity index (χ2v) is 4.72. The van der Waals surface area contributed by atoms with Crippen LogP contribution in [0.25, 0.3) is 10.9 Å². The molecule has 2 heterocycles. The molecule has 5 heteroatoms. The number of thiocarbonyl (C=S) groups is 1. The van der Waals surface area contributed by atoms with E-state index in [9.17, 15) is 0 Å². The van der Waals surface area contributed by atoms with E-state index in [4.69, 9.17) is 18.0 Å². The average molecular weight is 280 g/mol. The van der Waals surface area contributed by atoms with Crippen LogP contribution in [-0.4, -0.2) is 15.0 Å².